The van der Waals surface area contributed by atoms with E-state index in [1.165, 1.54) is 0 Å². The normalized spacial score (nSPS) is 11.5. The van der Waals surface area contributed by atoms with Crippen LogP contribution in [0.25, 0.3) is 6.08 Å². The fraction of sp³-hybridized carbons (Fsp3) is 0.192. The van der Waals surface area contributed by atoms with Gasteiger partial charge in [-0.05, 0) is 34.2 Å². The van der Waals surface area contributed by atoms with Crippen molar-refractivity contribution >= 4 is 17.7 Å². The average molecular weight is 370 g/mol. The maximum absolute atomic E-state index is 13.2. The minimum atomic E-state index is -0.0606. The summed E-state index contributed by atoms with van der Waals surface area (Å²) in [5.41, 5.74) is 4.18. The highest BCUT2D eigenvalue weighted by Crippen LogP contribution is 2.33. The van der Waals surface area contributed by atoms with E-state index in [0.717, 1.165) is 22.4 Å². The van der Waals surface area contributed by atoms with Crippen molar-refractivity contribution in [1.29, 1.82) is 0 Å². The summed E-state index contributed by atoms with van der Waals surface area (Å²) in [6.45, 7) is 7.07. The highest BCUT2D eigenvalue weighted by molar-refractivity contribution is 6.04. The van der Waals surface area contributed by atoms with Crippen molar-refractivity contribution in [3.63, 3.8) is 0 Å². The van der Waals surface area contributed by atoms with E-state index < -0.39 is 0 Å². The van der Waals surface area contributed by atoms with Gasteiger partial charge in [0.15, 0.2) is 0 Å². The van der Waals surface area contributed by atoms with Gasteiger partial charge in [-0.2, -0.15) is 0 Å². The first-order chi connectivity index (χ1) is 13.4. The summed E-state index contributed by atoms with van der Waals surface area (Å²) in [6.07, 6.45) is 3.54. The third kappa shape index (κ3) is 4.98. The molecule has 0 atom stereocenters. The van der Waals surface area contributed by atoms with Gasteiger partial charge in [0.2, 0.25) is 0 Å². The van der Waals surface area contributed by atoms with Gasteiger partial charge < -0.3 is 4.90 Å². The van der Waals surface area contributed by atoms with Gasteiger partial charge in [0, 0.05) is 11.8 Å². The van der Waals surface area contributed by atoms with E-state index in [-0.39, 0.29) is 11.3 Å². The molecule has 0 unspecified atom stereocenters. The number of anilines is 1. The summed E-state index contributed by atoms with van der Waals surface area (Å²) in [7, 11) is 0. The van der Waals surface area contributed by atoms with Crippen molar-refractivity contribution in [2.24, 2.45) is 0 Å². The topological polar surface area (TPSA) is 20.3 Å². The Balaban J connectivity index is 1.99. The average Bonchev–Trinajstić information content (AvgIpc) is 2.71. The number of rotatable bonds is 5. The summed E-state index contributed by atoms with van der Waals surface area (Å²) in [6, 6.07) is 28.2. The molecule has 0 aromatic heterocycles. The van der Waals surface area contributed by atoms with E-state index >= 15 is 0 Å². The highest BCUT2D eigenvalue weighted by atomic mass is 16.2. The third-order valence-electron chi connectivity index (χ3n) is 4.67. The van der Waals surface area contributed by atoms with Gasteiger partial charge in [-0.1, -0.05) is 99.6 Å². The van der Waals surface area contributed by atoms with Gasteiger partial charge in [0.25, 0.3) is 5.91 Å². The summed E-state index contributed by atoms with van der Waals surface area (Å²) in [4.78, 5) is 15.1. The van der Waals surface area contributed by atoms with E-state index in [4.69, 9.17) is 0 Å². The Morgan fingerprint density at radius 3 is 2.04 bits per heavy atom. The lowest BCUT2D eigenvalue weighted by Crippen LogP contribution is -2.31. The molecule has 0 saturated carbocycles. The molecule has 0 aliphatic carbocycles. The lowest BCUT2D eigenvalue weighted by Gasteiger charge is -2.29. The van der Waals surface area contributed by atoms with E-state index in [1.807, 2.05) is 77.7 Å². The zero-order valence-electron chi connectivity index (χ0n) is 16.8. The Labute approximate surface area is 168 Å². The molecule has 142 valence electrons. The van der Waals surface area contributed by atoms with Gasteiger partial charge in [0.05, 0.1) is 6.54 Å². The quantitative estimate of drug-likeness (QED) is 0.488. The first kappa shape index (κ1) is 19.6. The van der Waals surface area contributed by atoms with Crippen LogP contribution in [0.15, 0.2) is 91.0 Å². The second-order valence-electron chi connectivity index (χ2n) is 7.92. The summed E-state index contributed by atoms with van der Waals surface area (Å²) in [5.74, 6) is -0.0237. The van der Waals surface area contributed by atoms with Crippen LogP contribution >= 0.6 is 0 Å². The predicted octanol–water partition coefficient (Wildman–Crippen LogP) is 6.23. The molecule has 28 heavy (non-hydrogen) atoms. The summed E-state index contributed by atoms with van der Waals surface area (Å²) in [5, 5.41) is 0. The van der Waals surface area contributed by atoms with Gasteiger partial charge in [0.1, 0.15) is 0 Å². The van der Waals surface area contributed by atoms with Crippen molar-refractivity contribution in [2.75, 3.05) is 4.90 Å². The lowest BCUT2D eigenvalue weighted by molar-refractivity contribution is -0.114. The number of amides is 1. The van der Waals surface area contributed by atoms with Crippen molar-refractivity contribution in [3.05, 3.63) is 108 Å². The molecular weight excluding hydrogens is 342 g/mol. The zero-order chi connectivity index (χ0) is 20.0. The molecule has 0 spiro atoms. The van der Waals surface area contributed by atoms with Crippen LogP contribution < -0.4 is 4.90 Å². The number of nitrogens with zero attached hydrogens (tertiary/aromatic N) is 1. The molecule has 0 aliphatic heterocycles. The van der Waals surface area contributed by atoms with Crippen LogP contribution in [0.4, 0.5) is 5.69 Å². The Morgan fingerprint density at radius 2 is 1.39 bits per heavy atom. The molecule has 0 heterocycles. The standard InChI is InChI=1S/C26H27NO/c1-26(2,3)23-16-10-11-17-24(23)27(20-22-14-8-5-9-15-22)25(28)19-18-21-12-6-4-7-13-21/h4-19H,20H2,1-3H3/b19-18+. The molecule has 2 nitrogen and oxygen atoms in total. The second kappa shape index (κ2) is 8.71. The summed E-state index contributed by atoms with van der Waals surface area (Å²) < 4.78 is 0. The van der Waals surface area contributed by atoms with Crippen molar-refractivity contribution < 1.29 is 4.79 Å². The van der Waals surface area contributed by atoms with Crippen LogP contribution in [0.2, 0.25) is 0 Å². The SMILES string of the molecule is CC(C)(C)c1ccccc1N(Cc1ccccc1)C(=O)/C=C/c1ccccc1. The Hall–Kier alpha value is -3.13. The zero-order valence-corrected chi connectivity index (χ0v) is 16.8. The molecule has 0 saturated heterocycles. The van der Waals surface area contributed by atoms with Crippen molar-refractivity contribution in [2.45, 2.75) is 32.7 Å². The fourth-order valence-corrected chi connectivity index (χ4v) is 3.21. The Kier molecular flexibility index (Phi) is 6.10. The minimum absolute atomic E-state index is 0.0237. The number of carbonyl (C=O) groups is 1. The molecule has 3 rings (SSSR count). The Morgan fingerprint density at radius 1 is 0.821 bits per heavy atom. The van der Waals surface area contributed by atoms with Crippen LogP contribution in [-0.2, 0) is 16.8 Å². The van der Waals surface area contributed by atoms with Crippen molar-refractivity contribution in [3.8, 4) is 0 Å². The molecule has 0 fully saturated rings. The van der Waals surface area contributed by atoms with E-state index in [2.05, 4.69) is 39.0 Å². The van der Waals surface area contributed by atoms with Crippen LogP contribution in [0.5, 0.6) is 0 Å². The molecular formula is C26H27NO. The molecule has 3 aromatic carbocycles. The monoisotopic (exact) mass is 369 g/mol. The third-order valence-corrected chi connectivity index (χ3v) is 4.67. The maximum Gasteiger partial charge on any atom is 0.251 e. The molecule has 0 aliphatic rings. The minimum Gasteiger partial charge on any atom is -0.304 e. The summed E-state index contributed by atoms with van der Waals surface area (Å²) >= 11 is 0. The molecule has 3 aromatic rings. The van der Waals surface area contributed by atoms with E-state index in [1.54, 1.807) is 6.08 Å². The van der Waals surface area contributed by atoms with Crippen LogP contribution in [-0.4, -0.2) is 5.91 Å². The number of para-hydroxylation sites is 1. The van der Waals surface area contributed by atoms with Gasteiger partial charge in [-0.3, -0.25) is 4.79 Å². The number of hydrogen-bond acceptors (Lipinski definition) is 1. The smallest absolute Gasteiger partial charge is 0.251 e. The van der Waals surface area contributed by atoms with Crippen LogP contribution in [0.1, 0.15) is 37.5 Å². The Bertz CT molecular complexity index is 937. The number of benzene rings is 3. The number of hydrogen-bond donors (Lipinski definition) is 0. The lowest BCUT2D eigenvalue weighted by atomic mass is 9.85. The number of carbonyl (C=O) groups excluding carboxylic acids is 1. The molecule has 1 amide bonds. The fourth-order valence-electron chi connectivity index (χ4n) is 3.21. The van der Waals surface area contributed by atoms with Crippen molar-refractivity contribution in [1.82, 2.24) is 0 Å². The largest absolute Gasteiger partial charge is 0.304 e. The van der Waals surface area contributed by atoms with Gasteiger partial charge in [-0.25, -0.2) is 0 Å². The van der Waals surface area contributed by atoms with Crippen LogP contribution in [0.3, 0.4) is 0 Å². The molecule has 0 bridgehead atoms. The van der Waals surface area contributed by atoms with E-state index in [9.17, 15) is 4.79 Å². The molecule has 0 radical (unpaired) electrons. The maximum atomic E-state index is 13.2. The van der Waals surface area contributed by atoms with Gasteiger partial charge in [-0.15, -0.1) is 0 Å². The van der Waals surface area contributed by atoms with Gasteiger partial charge >= 0.3 is 0 Å². The first-order valence-electron chi connectivity index (χ1n) is 9.63. The highest BCUT2D eigenvalue weighted by Gasteiger charge is 2.23. The second-order valence-corrected chi connectivity index (χ2v) is 7.92. The first-order valence-corrected chi connectivity index (χ1v) is 9.63. The molecule has 0 N–H and O–H groups in total. The van der Waals surface area contributed by atoms with Crippen LogP contribution in [0, 0.1) is 0 Å². The predicted molar refractivity (Wildman–Crippen MR) is 118 cm³/mol. The molecule has 2 heteroatoms. The van der Waals surface area contributed by atoms with E-state index in [0.29, 0.717) is 6.54 Å².